The number of hydrogen-bond donors (Lipinski definition) is 0. The smallest absolute Gasteiger partial charge is 0.341 e. The lowest BCUT2D eigenvalue weighted by molar-refractivity contribution is -0.131. The summed E-state index contributed by atoms with van der Waals surface area (Å²) >= 11 is 0. The Bertz CT molecular complexity index is 851. The van der Waals surface area contributed by atoms with E-state index in [2.05, 4.69) is 13.2 Å². The second-order valence-corrected chi connectivity index (χ2v) is 5.44. The van der Waals surface area contributed by atoms with Crippen molar-refractivity contribution >= 4 is 11.9 Å². The van der Waals surface area contributed by atoms with Gasteiger partial charge in [-0.3, -0.25) is 0 Å². The maximum absolute atomic E-state index is 11.9. The van der Waals surface area contributed by atoms with Gasteiger partial charge in [0.05, 0.1) is 19.3 Å². The summed E-state index contributed by atoms with van der Waals surface area (Å²) in [7, 11) is 2.99. The molecule has 0 amide bonds. The van der Waals surface area contributed by atoms with Crippen LogP contribution in [0.1, 0.15) is 0 Å². The van der Waals surface area contributed by atoms with Gasteiger partial charge < -0.3 is 18.9 Å². The fourth-order valence-corrected chi connectivity index (χ4v) is 2.25. The molecule has 0 aliphatic heterocycles. The molecule has 6 heteroatoms. The van der Waals surface area contributed by atoms with E-state index >= 15 is 0 Å². The average Bonchev–Trinajstić information content (AvgIpc) is 2.68. The van der Waals surface area contributed by atoms with Crippen LogP contribution in [-0.4, -0.2) is 32.8 Å². The Labute approximate surface area is 157 Å². The molecule has 0 aliphatic rings. The van der Waals surface area contributed by atoms with E-state index in [9.17, 15) is 9.59 Å². The van der Waals surface area contributed by atoms with Crippen LogP contribution in [0, 0.1) is 0 Å². The highest BCUT2D eigenvalue weighted by atomic mass is 16.5. The highest BCUT2D eigenvalue weighted by Gasteiger charge is 2.13. The van der Waals surface area contributed by atoms with Gasteiger partial charge in [0.1, 0.15) is 17.2 Å². The Morgan fingerprint density at radius 2 is 1.67 bits per heavy atom. The molecule has 140 valence electrons. The molecule has 27 heavy (non-hydrogen) atoms. The van der Waals surface area contributed by atoms with Crippen LogP contribution in [0.15, 0.2) is 67.3 Å². The van der Waals surface area contributed by atoms with Gasteiger partial charge in [0, 0.05) is 24.8 Å². The maximum atomic E-state index is 11.9. The molecule has 0 bridgehead atoms. The Morgan fingerprint density at radius 1 is 1.00 bits per heavy atom. The minimum atomic E-state index is -0.569. The molecule has 0 unspecified atom stereocenters. The normalized spacial score (nSPS) is 10.0. The molecule has 2 rings (SSSR count). The van der Waals surface area contributed by atoms with E-state index in [1.165, 1.54) is 14.2 Å². The van der Waals surface area contributed by atoms with Crippen molar-refractivity contribution in [3.8, 4) is 28.4 Å². The Morgan fingerprint density at radius 3 is 2.26 bits per heavy atom. The highest BCUT2D eigenvalue weighted by Crippen LogP contribution is 2.34. The molecule has 0 atom stereocenters. The van der Waals surface area contributed by atoms with E-state index < -0.39 is 11.9 Å². The number of ether oxygens (including phenoxy) is 4. The number of hydrogen-bond acceptors (Lipinski definition) is 6. The van der Waals surface area contributed by atoms with E-state index in [1.54, 1.807) is 42.5 Å². The van der Waals surface area contributed by atoms with Crippen molar-refractivity contribution < 1.29 is 28.5 Å². The summed E-state index contributed by atoms with van der Waals surface area (Å²) in [5, 5.41) is 0. The highest BCUT2D eigenvalue weighted by molar-refractivity contribution is 5.90. The number of esters is 2. The molecule has 0 heterocycles. The summed E-state index contributed by atoms with van der Waals surface area (Å²) < 4.78 is 20.6. The molecule has 0 aromatic heterocycles. The molecule has 0 fully saturated rings. The molecule has 0 aliphatic carbocycles. The van der Waals surface area contributed by atoms with Crippen molar-refractivity contribution in [3.63, 3.8) is 0 Å². The second-order valence-electron chi connectivity index (χ2n) is 5.44. The van der Waals surface area contributed by atoms with Gasteiger partial charge in [-0.25, -0.2) is 9.59 Å². The molecule has 6 nitrogen and oxygen atoms in total. The summed E-state index contributed by atoms with van der Waals surface area (Å²) in [6.45, 7) is 7.06. The monoisotopic (exact) mass is 368 g/mol. The van der Waals surface area contributed by atoms with Gasteiger partial charge in [-0.15, -0.1) is 0 Å². The van der Waals surface area contributed by atoms with Crippen LogP contribution in [0.25, 0.3) is 11.1 Å². The number of rotatable bonds is 8. The number of carbonyl (C=O) groups is 2. The van der Waals surface area contributed by atoms with Crippen LogP contribution in [0.5, 0.6) is 17.2 Å². The van der Waals surface area contributed by atoms with Crippen molar-refractivity contribution in [1.29, 1.82) is 0 Å². The molecule has 0 N–H and O–H groups in total. The lowest BCUT2D eigenvalue weighted by atomic mass is 10.0. The lowest BCUT2D eigenvalue weighted by Gasteiger charge is -2.12. The van der Waals surface area contributed by atoms with Crippen LogP contribution in [0.3, 0.4) is 0 Å². The molecule has 0 spiro atoms. The topological polar surface area (TPSA) is 71.1 Å². The SMILES string of the molecule is C=CC(=O)Oc1ccc(-c2ccc(OC(=O)C(=C)COC)cc2OC)cc1. The van der Waals surface area contributed by atoms with Gasteiger partial charge in [-0.2, -0.15) is 0 Å². The first-order valence-electron chi connectivity index (χ1n) is 8.00. The first-order chi connectivity index (χ1) is 13.0. The fraction of sp³-hybridized carbons (Fsp3) is 0.143. The second kappa shape index (κ2) is 9.35. The van der Waals surface area contributed by atoms with Crippen molar-refractivity contribution in [3.05, 3.63) is 67.3 Å². The van der Waals surface area contributed by atoms with Crippen molar-refractivity contribution in [2.75, 3.05) is 20.8 Å². The largest absolute Gasteiger partial charge is 0.496 e. The summed E-state index contributed by atoms with van der Waals surface area (Å²) in [6.07, 6.45) is 1.10. The van der Waals surface area contributed by atoms with Crippen LogP contribution < -0.4 is 14.2 Å². The summed E-state index contributed by atoms with van der Waals surface area (Å²) in [5.74, 6) is 0.161. The van der Waals surface area contributed by atoms with Gasteiger partial charge in [-0.1, -0.05) is 25.3 Å². The van der Waals surface area contributed by atoms with Crippen LogP contribution in [0.4, 0.5) is 0 Å². The van der Waals surface area contributed by atoms with E-state index in [-0.39, 0.29) is 12.2 Å². The van der Waals surface area contributed by atoms with Crippen molar-refractivity contribution in [1.82, 2.24) is 0 Å². The van der Waals surface area contributed by atoms with Crippen LogP contribution in [-0.2, 0) is 14.3 Å². The van der Waals surface area contributed by atoms with Gasteiger partial charge in [0.25, 0.3) is 0 Å². The van der Waals surface area contributed by atoms with E-state index in [1.807, 2.05) is 0 Å². The van der Waals surface area contributed by atoms with E-state index in [4.69, 9.17) is 18.9 Å². The van der Waals surface area contributed by atoms with E-state index in [0.29, 0.717) is 17.2 Å². The molecular formula is C21H20O6. The van der Waals surface area contributed by atoms with Gasteiger partial charge in [0.2, 0.25) is 0 Å². The maximum Gasteiger partial charge on any atom is 0.341 e. The zero-order valence-corrected chi connectivity index (χ0v) is 15.2. The summed E-state index contributed by atoms with van der Waals surface area (Å²) in [5.41, 5.74) is 1.84. The molecule has 0 saturated carbocycles. The zero-order valence-electron chi connectivity index (χ0n) is 15.2. The summed E-state index contributed by atoms with van der Waals surface area (Å²) in [6, 6.07) is 11.9. The number of methoxy groups -OCH3 is 2. The third-order valence-electron chi connectivity index (χ3n) is 3.54. The quantitative estimate of drug-likeness (QED) is 0.403. The van der Waals surface area contributed by atoms with Gasteiger partial charge in [0.15, 0.2) is 0 Å². The minimum Gasteiger partial charge on any atom is -0.496 e. The Hall–Kier alpha value is -3.38. The number of carbonyl (C=O) groups excluding carboxylic acids is 2. The Kier molecular flexibility index (Phi) is 6.91. The average molecular weight is 368 g/mol. The van der Waals surface area contributed by atoms with Crippen LogP contribution >= 0.6 is 0 Å². The first-order valence-corrected chi connectivity index (χ1v) is 8.00. The van der Waals surface area contributed by atoms with Crippen molar-refractivity contribution in [2.24, 2.45) is 0 Å². The molecular weight excluding hydrogens is 348 g/mol. The van der Waals surface area contributed by atoms with Crippen LogP contribution in [0.2, 0.25) is 0 Å². The molecule has 2 aromatic rings. The molecule has 2 aromatic carbocycles. The molecule has 0 radical (unpaired) electrons. The lowest BCUT2D eigenvalue weighted by Crippen LogP contribution is -2.13. The summed E-state index contributed by atoms with van der Waals surface area (Å²) in [4.78, 5) is 23.2. The predicted octanol–water partition coefficient (Wildman–Crippen LogP) is 3.56. The third-order valence-corrected chi connectivity index (χ3v) is 3.54. The fourth-order valence-electron chi connectivity index (χ4n) is 2.25. The Balaban J connectivity index is 2.20. The molecule has 0 saturated heterocycles. The van der Waals surface area contributed by atoms with Gasteiger partial charge in [-0.05, 0) is 29.8 Å². The predicted molar refractivity (Wildman–Crippen MR) is 101 cm³/mol. The number of benzene rings is 2. The minimum absolute atomic E-state index is 0.0941. The standard InChI is InChI=1S/C21H20O6/c1-5-20(22)26-16-8-6-15(7-9-16)18-11-10-17(12-19(18)25-4)27-21(23)14(2)13-24-3/h5-12H,1-2,13H2,3-4H3. The van der Waals surface area contributed by atoms with E-state index in [0.717, 1.165) is 17.2 Å². The third kappa shape index (κ3) is 5.29. The zero-order chi connectivity index (χ0) is 19.8. The van der Waals surface area contributed by atoms with Gasteiger partial charge >= 0.3 is 11.9 Å². The first kappa shape index (κ1) is 19.9. The van der Waals surface area contributed by atoms with Crippen molar-refractivity contribution in [2.45, 2.75) is 0 Å².